The smallest absolute Gasteiger partial charge is 0.216 e. The molecule has 3 rings (SSSR count). The van der Waals surface area contributed by atoms with Crippen molar-refractivity contribution >= 4 is 24.1 Å². The Balaban J connectivity index is 1.69. The molecule has 8 heteroatoms. The Labute approximate surface area is 181 Å². The van der Waals surface area contributed by atoms with Gasteiger partial charge in [-0.05, 0) is 67.0 Å². The van der Waals surface area contributed by atoms with Gasteiger partial charge in [0.05, 0.1) is 18.7 Å². The molecule has 0 atom stereocenters. The van der Waals surface area contributed by atoms with Crippen LogP contribution in [0.1, 0.15) is 28.9 Å². The molecule has 0 spiro atoms. The van der Waals surface area contributed by atoms with Gasteiger partial charge >= 0.3 is 0 Å². The molecule has 1 N–H and O–H groups in total. The number of nitrogens with one attached hydrogen (secondary N) is 1. The van der Waals surface area contributed by atoms with Gasteiger partial charge in [0.15, 0.2) is 5.82 Å². The summed E-state index contributed by atoms with van der Waals surface area (Å²) >= 11 is 5.30. The van der Waals surface area contributed by atoms with Crippen LogP contribution in [0.2, 0.25) is 0 Å². The van der Waals surface area contributed by atoms with Crippen LogP contribution in [0.15, 0.2) is 47.6 Å². The molecule has 2 aromatic carbocycles. The van der Waals surface area contributed by atoms with Gasteiger partial charge in [0, 0.05) is 19.3 Å². The summed E-state index contributed by atoms with van der Waals surface area (Å²) in [7, 11) is 1.97. The highest BCUT2D eigenvalue weighted by atomic mass is 32.1. The Morgan fingerprint density at radius 2 is 1.93 bits per heavy atom. The maximum atomic E-state index is 8.72. The summed E-state index contributed by atoms with van der Waals surface area (Å²) in [6.07, 6.45) is 2.22. The number of hydrogen-bond acceptors (Lipinski definition) is 6. The van der Waals surface area contributed by atoms with Gasteiger partial charge in [-0.25, -0.2) is 5.10 Å². The Morgan fingerprint density at radius 1 is 1.23 bits per heavy atom. The highest BCUT2D eigenvalue weighted by Gasteiger charge is 2.07. The van der Waals surface area contributed by atoms with Crippen LogP contribution in [0.4, 0.5) is 5.69 Å². The van der Waals surface area contributed by atoms with E-state index in [9.17, 15) is 0 Å². The zero-order chi connectivity index (χ0) is 21.5. The molecule has 1 heterocycles. The number of aromatic nitrogens is 3. The van der Waals surface area contributed by atoms with Gasteiger partial charge in [-0.15, -0.1) is 0 Å². The predicted octanol–water partition coefficient (Wildman–Crippen LogP) is 4.37. The first-order chi connectivity index (χ1) is 14.5. The minimum Gasteiger partial charge on any atom is -0.486 e. The summed E-state index contributed by atoms with van der Waals surface area (Å²) < 4.78 is 7.84. The Hall–Kier alpha value is -3.44. The molecule has 0 fully saturated rings. The maximum absolute atomic E-state index is 8.72. The number of aryl methyl sites for hydroxylation is 2. The van der Waals surface area contributed by atoms with Crippen LogP contribution in [0.5, 0.6) is 5.75 Å². The number of rotatable bonds is 8. The van der Waals surface area contributed by atoms with Crippen LogP contribution in [-0.4, -0.2) is 34.7 Å². The largest absolute Gasteiger partial charge is 0.486 e. The number of aromatic amines is 1. The van der Waals surface area contributed by atoms with Crippen molar-refractivity contribution in [2.75, 3.05) is 18.5 Å². The zero-order valence-electron chi connectivity index (χ0n) is 17.3. The summed E-state index contributed by atoms with van der Waals surface area (Å²) in [5.41, 5.74) is 4.26. The SMILES string of the molecule is Cc1cc(C)cc(OCc2n[nH]c(=S)n2/N=C\c2ccc(N(C)CCC#N)cc2)c1. The molecule has 0 bridgehead atoms. The molecule has 0 saturated heterocycles. The van der Waals surface area contributed by atoms with E-state index in [2.05, 4.69) is 27.4 Å². The van der Waals surface area contributed by atoms with Crippen molar-refractivity contribution in [3.8, 4) is 11.8 Å². The van der Waals surface area contributed by atoms with Crippen molar-refractivity contribution < 1.29 is 4.74 Å². The average Bonchev–Trinajstić information content (AvgIpc) is 3.08. The van der Waals surface area contributed by atoms with Crippen LogP contribution < -0.4 is 9.64 Å². The molecule has 0 aliphatic rings. The third-order valence-electron chi connectivity index (χ3n) is 4.50. The molecule has 7 nitrogen and oxygen atoms in total. The Kier molecular flexibility index (Phi) is 6.99. The van der Waals surface area contributed by atoms with Gasteiger partial charge in [0.2, 0.25) is 4.77 Å². The Bertz CT molecular complexity index is 1100. The summed E-state index contributed by atoms with van der Waals surface area (Å²) in [5.74, 6) is 1.37. The van der Waals surface area contributed by atoms with E-state index in [0.717, 1.165) is 28.1 Å². The van der Waals surface area contributed by atoms with Crippen molar-refractivity contribution in [1.82, 2.24) is 14.9 Å². The van der Waals surface area contributed by atoms with Crippen molar-refractivity contribution in [3.05, 3.63) is 69.8 Å². The lowest BCUT2D eigenvalue weighted by Gasteiger charge is -2.17. The van der Waals surface area contributed by atoms with Crippen LogP contribution in [0.25, 0.3) is 0 Å². The van der Waals surface area contributed by atoms with E-state index in [1.54, 1.807) is 10.9 Å². The maximum Gasteiger partial charge on any atom is 0.216 e. The van der Waals surface area contributed by atoms with E-state index in [-0.39, 0.29) is 6.61 Å². The van der Waals surface area contributed by atoms with Crippen LogP contribution >= 0.6 is 12.2 Å². The van der Waals surface area contributed by atoms with Gasteiger partial charge in [-0.2, -0.15) is 20.1 Å². The highest BCUT2D eigenvalue weighted by molar-refractivity contribution is 7.71. The first-order valence-corrected chi connectivity index (χ1v) is 9.97. The van der Waals surface area contributed by atoms with Crippen LogP contribution in [0.3, 0.4) is 0 Å². The lowest BCUT2D eigenvalue weighted by atomic mass is 10.1. The fourth-order valence-electron chi connectivity index (χ4n) is 2.99. The van der Waals surface area contributed by atoms with E-state index in [4.69, 9.17) is 22.2 Å². The fourth-order valence-corrected chi connectivity index (χ4v) is 3.19. The molecule has 0 aliphatic carbocycles. The van der Waals surface area contributed by atoms with Crippen LogP contribution in [0, 0.1) is 29.9 Å². The third kappa shape index (κ3) is 5.55. The number of benzene rings is 2. The molecule has 30 heavy (non-hydrogen) atoms. The standard InChI is InChI=1S/C22H24N6OS/c1-16-11-17(2)13-20(12-16)29-15-21-25-26-22(30)28(21)24-14-18-5-7-19(8-6-18)27(3)10-4-9-23/h5-8,11-14H,4,10,15H2,1-3H3,(H,26,30)/b24-14-. The van der Waals surface area contributed by atoms with E-state index in [0.29, 0.717) is 23.6 Å². The zero-order valence-corrected chi connectivity index (χ0v) is 18.1. The number of nitriles is 1. The lowest BCUT2D eigenvalue weighted by molar-refractivity contribution is 0.290. The van der Waals surface area contributed by atoms with Gasteiger partial charge in [0.25, 0.3) is 0 Å². The second kappa shape index (κ2) is 9.85. The summed E-state index contributed by atoms with van der Waals surface area (Å²) in [6, 6.07) is 16.2. The second-order valence-corrected chi connectivity index (χ2v) is 7.42. The molecular weight excluding hydrogens is 396 g/mol. The molecule has 0 amide bonds. The lowest BCUT2D eigenvalue weighted by Crippen LogP contribution is -2.17. The normalized spacial score (nSPS) is 10.9. The minimum absolute atomic E-state index is 0.246. The molecule has 0 unspecified atom stereocenters. The topological polar surface area (TPSA) is 82.2 Å². The van der Waals surface area contributed by atoms with E-state index >= 15 is 0 Å². The number of H-pyrrole nitrogens is 1. The molecular formula is C22H24N6OS. The molecule has 0 saturated carbocycles. The molecule has 0 aliphatic heterocycles. The second-order valence-electron chi connectivity index (χ2n) is 7.03. The number of anilines is 1. The monoisotopic (exact) mass is 420 g/mol. The molecule has 3 aromatic rings. The van der Waals surface area contributed by atoms with Gasteiger partial charge in [-0.1, -0.05) is 18.2 Å². The minimum atomic E-state index is 0.246. The van der Waals surface area contributed by atoms with E-state index < -0.39 is 0 Å². The third-order valence-corrected chi connectivity index (χ3v) is 4.76. The van der Waals surface area contributed by atoms with E-state index in [1.165, 1.54) is 0 Å². The predicted molar refractivity (Wildman–Crippen MR) is 121 cm³/mol. The van der Waals surface area contributed by atoms with Crippen molar-refractivity contribution in [1.29, 1.82) is 5.26 Å². The van der Waals surface area contributed by atoms with Crippen LogP contribution in [-0.2, 0) is 6.61 Å². The van der Waals surface area contributed by atoms with Gasteiger partial charge < -0.3 is 9.64 Å². The average molecular weight is 421 g/mol. The molecule has 1 aromatic heterocycles. The Morgan fingerprint density at radius 3 is 2.60 bits per heavy atom. The van der Waals surface area contributed by atoms with Gasteiger partial charge in [-0.3, -0.25) is 0 Å². The van der Waals surface area contributed by atoms with Crippen molar-refractivity contribution in [3.63, 3.8) is 0 Å². The number of ether oxygens (including phenoxy) is 1. The molecule has 154 valence electrons. The fraction of sp³-hybridized carbons (Fsp3) is 0.273. The van der Waals surface area contributed by atoms with E-state index in [1.807, 2.05) is 62.2 Å². The van der Waals surface area contributed by atoms with Crippen molar-refractivity contribution in [2.24, 2.45) is 5.10 Å². The summed E-state index contributed by atoms with van der Waals surface area (Å²) in [6.45, 7) is 5.01. The summed E-state index contributed by atoms with van der Waals surface area (Å²) in [5, 5.41) is 20.2. The summed E-state index contributed by atoms with van der Waals surface area (Å²) in [4.78, 5) is 2.04. The van der Waals surface area contributed by atoms with Crippen molar-refractivity contribution in [2.45, 2.75) is 26.9 Å². The first kappa shape index (κ1) is 21.3. The number of hydrogen-bond donors (Lipinski definition) is 1. The highest BCUT2D eigenvalue weighted by Crippen LogP contribution is 2.17. The quantitative estimate of drug-likeness (QED) is 0.432. The molecule has 0 radical (unpaired) electrons. The first-order valence-electron chi connectivity index (χ1n) is 9.56. The van der Waals surface area contributed by atoms with Gasteiger partial charge in [0.1, 0.15) is 12.4 Å². The number of nitrogens with zero attached hydrogens (tertiary/aromatic N) is 5.